The number of Topliss-reactive ketones (excluding diaryl/α,β-unsaturated/α-hetero) is 1. The Balaban J connectivity index is 1.75. The molecule has 4 rings (SSSR count). The Morgan fingerprint density at radius 1 is 1.19 bits per heavy atom. The summed E-state index contributed by atoms with van der Waals surface area (Å²) in [5, 5.41) is 10.8. The number of para-hydroxylation sites is 1. The van der Waals surface area contributed by atoms with Crippen molar-refractivity contribution < 1.29 is 14.3 Å². The Morgan fingerprint density at radius 3 is 2.66 bits per heavy atom. The van der Waals surface area contributed by atoms with Gasteiger partial charge in [-0.05, 0) is 29.2 Å². The summed E-state index contributed by atoms with van der Waals surface area (Å²) >= 11 is 12.1. The molecule has 1 unspecified atom stereocenters. The van der Waals surface area contributed by atoms with Gasteiger partial charge in [0.25, 0.3) is 0 Å². The maximum atomic E-state index is 13.2. The van der Waals surface area contributed by atoms with E-state index in [1.807, 2.05) is 44.2 Å². The lowest BCUT2D eigenvalue weighted by Gasteiger charge is -2.37. The van der Waals surface area contributed by atoms with Crippen LogP contribution in [0.25, 0.3) is 0 Å². The molecule has 1 aliphatic heterocycles. The molecule has 1 aliphatic carbocycles. The number of benzene rings is 2. The average molecular weight is 469 g/mol. The molecule has 2 N–H and O–H groups in total. The standard InChI is InChI=1S/C25H22Cl2N2O3/c1-25(2)10-19(30)23-21(11-25)32-24(29)16(12-28)22(23)15-5-3-4-6-20(15)31-13-14-7-8-17(26)18(27)9-14/h3-9,22H,10-11,13,29H2,1-2H3. The molecule has 0 aromatic heterocycles. The quantitative estimate of drug-likeness (QED) is 0.592. The predicted molar refractivity (Wildman–Crippen MR) is 123 cm³/mol. The number of carbonyl (C=O) groups excluding carboxylic acids is 1. The summed E-state index contributed by atoms with van der Waals surface area (Å²) in [6, 6.07) is 14.8. The Labute approximate surface area is 197 Å². The van der Waals surface area contributed by atoms with Gasteiger partial charge in [0.1, 0.15) is 29.8 Å². The van der Waals surface area contributed by atoms with Gasteiger partial charge in [0.15, 0.2) is 5.78 Å². The van der Waals surface area contributed by atoms with Crippen molar-refractivity contribution in [1.82, 2.24) is 0 Å². The van der Waals surface area contributed by atoms with E-state index >= 15 is 0 Å². The third kappa shape index (κ3) is 4.21. The highest BCUT2D eigenvalue weighted by molar-refractivity contribution is 6.42. The number of rotatable bonds is 4. The Hall–Kier alpha value is -2.94. The van der Waals surface area contributed by atoms with E-state index in [4.69, 9.17) is 38.4 Å². The summed E-state index contributed by atoms with van der Waals surface area (Å²) < 4.78 is 11.9. The fourth-order valence-electron chi connectivity index (χ4n) is 4.24. The van der Waals surface area contributed by atoms with Crippen LogP contribution in [0, 0.1) is 16.7 Å². The molecule has 0 spiro atoms. The molecular formula is C25H22Cl2N2O3. The molecule has 32 heavy (non-hydrogen) atoms. The summed E-state index contributed by atoms with van der Waals surface area (Å²) in [5.41, 5.74) is 8.11. The van der Waals surface area contributed by atoms with Gasteiger partial charge >= 0.3 is 0 Å². The molecule has 1 heterocycles. The van der Waals surface area contributed by atoms with Crippen molar-refractivity contribution in [2.75, 3.05) is 0 Å². The van der Waals surface area contributed by atoms with Crippen LogP contribution in [0.2, 0.25) is 10.0 Å². The van der Waals surface area contributed by atoms with Gasteiger partial charge in [-0.3, -0.25) is 4.79 Å². The van der Waals surface area contributed by atoms with Gasteiger partial charge in [0.05, 0.1) is 16.0 Å². The fourth-order valence-corrected chi connectivity index (χ4v) is 4.56. The van der Waals surface area contributed by atoms with Crippen LogP contribution < -0.4 is 10.5 Å². The number of ketones is 1. The van der Waals surface area contributed by atoms with Crippen LogP contribution in [0.1, 0.15) is 43.7 Å². The van der Waals surface area contributed by atoms with E-state index in [0.717, 1.165) is 5.56 Å². The molecule has 1 atom stereocenters. The number of hydrogen-bond acceptors (Lipinski definition) is 5. The number of ether oxygens (including phenoxy) is 2. The number of hydrogen-bond donors (Lipinski definition) is 1. The van der Waals surface area contributed by atoms with Gasteiger partial charge in [-0.15, -0.1) is 0 Å². The third-order valence-corrected chi connectivity index (χ3v) is 6.42. The van der Waals surface area contributed by atoms with E-state index in [1.165, 1.54) is 0 Å². The van der Waals surface area contributed by atoms with Gasteiger partial charge in [0, 0.05) is 24.0 Å². The number of nitrogens with two attached hydrogens (primary N) is 1. The van der Waals surface area contributed by atoms with Crippen molar-refractivity contribution in [3.8, 4) is 11.8 Å². The van der Waals surface area contributed by atoms with Crippen molar-refractivity contribution in [1.29, 1.82) is 5.26 Å². The van der Waals surface area contributed by atoms with Crippen LogP contribution in [0.3, 0.4) is 0 Å². The highest BCUT2D eigenvalue weighted by Gasteiger charge is 2.43. The third-order valence-electron chi connectivity index (χ3n) is 5.68. The summed E-state index contributed by atoms with van der Waals surface area (Å²) in [5.74, 6) is 0.432. The minimum Gasteiger partial charge on any atom is -0.489 e. The smallest absolute Gasteiger partial charge is 0.205 e. The number of nitrogens with zero attached hydrogens (tertiary/aromatic N) is 1. The molecule has 0 amide bonds. The van der Waals surface area contributed by atoms with Crippen LogP contribution >= 0.6 is 23.2 Å². The normalized spacial score (nSPS) is 19.8. The van der Waals surface area contributed by atoms with Crippen molar-refractivity contribution in [2.45, 2.75) is 39.2 Å². The minimum absolute atomic E-state index is 0.0287. The van der Waals surface area contributed by atoms with Crippen LogP contribution in [-0.2, 0) is 16.1 Å². The average Bonchev–Trinajstić information content (AvgIpc) is 2.73. The largest absolute Gasteiger partial charge is 0.489 e. The zero-order chi connectivity index (χ0) is 23.0. The van der Waals surface area contributed by atoms with Gasteiger partial charge < -0.3 is 15.2 Å². The molecule has 7 heteroatoms. The first-order valence-electron chi connectivity index (χ1n) is 10.2. The fraction of sp³-hybridized carbons (Fsp3) is 0.280. The molecule has 164 valence electrons. The topological polar surface area (TPSA) is 85.3 Å². The molecule has 0 bridgehead atoms. The lowest BCUT2D eigenvalue weighted by molar-refractivity contribution is -0.119. The second-order valence-corrected chi connectivity index (χ2v) is 9.59. The molecular weight excluding hydrogens is 447 g/mol. The van der Waals surface area contributed by atoms with Crippen LogP contribution in [-0.4, -0.2) is 5.78 Å². The van der Waals surface area contributed by atoms with Gasteiger partial charge in [-0.1, -0.05) is 61.3 Å². The molecule has 5 nitrogen and oxygen atoms in total. The Bertz CT molecular complexity index is 1210. The second-order valence-electron chi connectivity index (χ2n) is 8.78. The van der Waals surface area contributed by atoms with Gasteiger partial charge in [-0.25, -0.2) is 0 Å². The monoisotopic (exact) mass is 468 g/mol. The number of nitriles is 1. The second kappa shape index (κ2) is 8.54. The number of halogens is 2. The highest BCUT2D eigenvalue weighted by atomic mass is 35.5. The first-order valence-corrected chi connectivity index (χ1v) is 11.0. The molecule has 0 saturated heterocycles. The van der Waals surface area contributed by atoms with E-state index < -0.39 is 5.92 Å². The van der Waals surface area contributed by atoms with E-state index in [1.54, 1.807) is 12.1 Å². The van der Waals surface area contributed by atoms with Crippen molar-refractivity contribution in [3.05, 3.63) is 86.4 Å². The Morgan fingerprint density at radius 2 is 1.94 bits per heavy atom. The summed E-state index contributed by atoms with van der Waals surface area (Å²) in [4.78, 5) is 13.2. The summed E-state index contributed by atoms with van der Waals surface area (Å²) in [6.45, 7) is 4.27. The van der Waals surface area contributed by atoms with Crippen LogP contribution in [0.4, 0.5) is 0 Å². The molecule has 0 radical (unpaired) electrons. The zero-order valence-electron chi connectivity index (χ0n) is 17.7. The predicted octanol–water partition coefficient (Wildman–Crippen LogP) is 6.02. The minimum atomic E-state index is -0.641. The van der Waals surface area contributed by atoms with Crippen molar-refractivity contribution in [3.63, 3.8) is 0 Å². The summed E-state index contributed by atoms with van der Waals surface area (Å²) in [7, 11) is 0. The first kappa shape index (κ1) is 22.3. The number of allylic oxidation sites excluding steroid dienone is 3. The van der Waals surface area contributed by atoms with Crippen molar-refractivity contribution >= 4 is 29.0 Å². The maximum absolute atomic E-state index is 13.2. The van der Waals surface area contributed by atoms with Crippen LogP contribution in [0.15, 0.2) is 65.3 Å². The van der Waals surface area contributed by atoms with Crippen molar-refractivity contribution in [2.24, 2.45) is 11.1 Å². The first-order chi connectivity index (χ1) is 15.2. The molecule has 2 aromatic rings. The molecule has 2 aliphatic rings. The van der Waals surface area contributed by atoms with Gasteiger partial charge in [-0.2, -0.15) is 5.26 Å². The zero-order valence-corrected chi connectivity index (χ0v) is 19.3. The maximum Gasteiger partial charge on any atom is 0.205 e. The molecule has 0 fully saturated rings. The highest BCUT2D eigenvalue weighted by Crippen LogP contribution is 2.49. The van der Waals surface area contributed by atoms with E-state index in [9.17, 15) is 10.1 Å². The van der Waals surface area contributed by atoms with E-state index in [2.05, 4.69) is 6.07 Å². The molecule has 2 aromatic carbocycles. The van der Waals surface area contributed by atoms with E-state index in [0.29, 0.717) is 45.5 Å². The Kier molecular flexibility index (Phi) is 5.94. The lowest BCUT2D eigenvalue weighted by atomic mass is 9.70. The van der Waals surface area contributed by atoms with Crippen LogP contribution in [0.5, 0.6) is 5.75 Å². The molecule has 0 saturated carbocycles. The van der Waals surface area contributed by atoms with E-state index in [-0.39, 0.29) is 29.3 Å². The summed E-state index contributed by atoms with van der Waals surface area (Å²) in [6.07, 6.45) is 0.937. The number of carbonyl (C=O) groups is 1. The van der Waals surface area contributed by atoms with Gasteiger partial charge in [0.2, 0.25) is 5.88 Å². The lowest BCUT2D eigenvalue weighted by Crippen LogP contribution is -2.33. The SMILES string of the molecule is CC1(C)CC(=O)C2=C(C1)OC(N)=C(C#N)C2c1ccccc1OCc1ccc(Cl)c(Cl)c1.